The summed E-state index contributed by atoms with van der Waals surface area (Å²) >= 11 is 12.8. The van der Waals surface area contributed by atoms with Crippen molar-refractivity contribution in [2.24, 2.45) is 0 Å². The SMILES string of the molecule is COCCN1C(=O)/C(=C/c2ccc(OCc3ccccc3Cl)c(OC)c2)SC1=S. The van der Waals surface area contributed by atoms with Gasteiger partial charge in [-0.3, -0.25) is 9.69 Å². The number of rotatable bonds is 8. The van der Waals surface area contributed by atoms with E-state index < -0.39 is 0 Å². The zero-order chi connectivity index (χ0) is 20.8. The summed E-state index contributed by atoms with van der Waals surface area (Å²) in [7, 11) is 3.17. The van der Waals surface area contributed by atoms with E-state index in [0.29, 0.717) is 45.5 Å². The van der Waals surface area contributed by atoms with Crippen LogP contribution in [-0.4, -0.2) is 42.5 Å². The first kappa shape index (κ1) is 21.6. The highest BCUT2D eigenvalue weighted by Gasteiger charge is 2.31. The molecule has 0 aliphatic carbocycles. The first-order valence-electron chi connectivity index (χ1n) is 8.82. The van der Waals surface area contributed by atoms with Crippen LogP contribution in [0.1, 0.15) is 11.1 Å². The van der Waals surface area contributed by atoms with Gasteiger partial charge >= 0.3 is 0 Å². The van der Waals surface area contributed by atoms with Gasteiger partial charge in [0, 0.05) is 17.7 Å². The third kappa shape index (κ3) is 5.30. The number of thioether (sulfide) groups is 1. The summed E-state index contributed by atoms with van der Waals surface area (Å²) < 4.78 is 16.9. The van der Waals surface area contributed by atoms with Crippen molar-refractivity contribution in [3.05, 3.63) is 63.5 Å². The molecule has 1 saturated heterocycles. The largest absolute Gasteiger partial charge is 0.493 e. The maximum atomic E-state index is 12.6. The Kier molecular flexibility index (Phi) is 7.55. The van der Waals surface area contributed by atoms with Gasteiger partial charge in [0.2, 0.25) is 0 Å². The Morgan fingerprint density at radius 3 is 2.69 bits per heavy atom. The van der Waals surface area contributed by atoms with E-state index >= 15 is 0 Å². The Hall–Kier alpha value is -2.06. The topological polar surface area (TPSA) is 48.0 Å². The van der Waals surface area contributed by atoms with Gasteiger partial charge in [-0.05, 0) is 29.8 Å². The maximum absolute atomic E-state index is 12.6. The normalized spacial score (nSPS) is 15.3. The molecule has 8 heteroatoms. The second kappa shape index (κ2) is 10.1. The number of benzene rings is 2. The molecule has 1 aliphatic rings. The zero-order valence-electron chi connectivity index (χ0n) is 16.0. The first-order valence-corrected chi connectivity index (χ1v) is 10.4. The van der Waals surface area contributed by atoms with E-state index in [1.807, 2.05) is 42.5 Å². The molecular weight excluding hydrogens is 430 g/mol. The molecule has 1 fully saturated rings. The molecule has 0 aromatic heterocycles. The van der Waals surface area contributed by atoms with Crippen LogP contribution in [0, 0.1) is 0 Å². The molecule has 0 saturated carbocycles. The van der Waals surface area contributed by atoms with Crippen molar-refractivity contribution in [3.8, 4) is 11.5 Å². The van der Waals surface area contributed by atoms with Crippen molar-refractivity contribution in [2.75, 3.05) is 27.4 Å². The molecule has 0 atom stereocenters. The van der Waals surface area contributed by atoms with E-state index in [0.717, 1.165) is 11.1 Å². The highest BCUT2D eigenvalue weighted by molar-refractivity contribution is 8.26. The molecule has 3 rings (SSSR count). The lowest BCUT2D eigenvalue weighted by molar-refractivity contribution is -0.122. The van der Waals surface area contributed by atoms with Gasteiger partial charge in [-0.1, -0.05) is 59.8 Å². The lowest BCUT2D eigenvalue weighted by Gasteiger charge is -2.13. The molecule has 1 amide bonds. The average Bonchev–Trinajstić information content (AvgIpc) is 2.99. The molecule has 0 radical (unpaired) electrons. The summed E-state index contributed by atoms with van der Waals surface area (Å²) in [6, 6.07) is 13.0. The number of carbonyl (C=O) groups excluding carboxylic acids is 1. The zero-order valence-corrected chi connectivity index (χ0v) is 18.4. The first-order chi connectivity index (χ1) is 14.0. The number of hydrogen-bond donors (Lipinski definition) is 0. The molecule has 2 aromatic carbocycles. The molecule has 0 spiro atoms. The van der Waals surface area contributed by atoms with E-state index in [1.54, 1.807) is 25.2 Å². The van der Waals surface area contributed by atoms with E-state index in [-0.39, 0.29) is 5.91 Å². The van der Waals surface area contributed by atoms with Crippen LogP contribution in [0.3, 0.4) is 0 Å². The number of nitrogens with zero attached hydrogens (tertiary/aromatic N) is 1. The van der Waals surface area contributed by atoms with Gasteiger partial charge in [0.25, 0.3) is 5.91 Å². The molecule has 0 unspecified atom stereocenters. The second-order valence-electron chi connectivity index (χ2n) is 6.12. The molecule has 1 aliphatic heterocycles. The van der Waals surface area contributed by atoms with Crippen molar-refractivity contribution >= 4 is 51.9 Å². The van der Waals surface area contributed by atoms with Crippen molar-refractivity contribution in [1.82, 2.24) is 4.90 Å². The minimum Gasteiger partial charge on any atom is -0.493 e. The molecule has 5 nitrogen and oxygen atoms in total. The molecular formula is C21H20ClNO4S2. The van der Waals surface area contributed by atoms with Gasteiger partial charge in [-0.15, -0.1) is 0 Å². The summed E-state index contributed by atoms with van der Waals surface area (Å²) in [5.41, 5.74) is 1.71. The van der Waals surface area contributed by atoms with Crippen molar-refractivity contribution in [1.29, 1.82) is 0 Å². The smallest absolute Gasteiger partial charge is 0.266 e. The van der Waals surface area contributed by atoms with Crippen molar-refractivity contribution in [2.45, 2.75) is 6.61 Å². The maximum Gasteiger partial charge on any atom is 0.266 e. The van der Waals surface area contributed by atoms with Crippen molar-refractivity contribution < 1.29 is 19.0 Å². The van der Waals surface area contributed by atoms with Gasteiger partial charge in [0.1, 0.15) is 10.9 Å². The number of hydrogen-bond acceptors (Lipinski definition) is 6. The summed E-state index contributed by atoms with van der Waals surface area (Å²) in [6.07, 6.45) is 1.80. The van der Waals surface area contributed by atoms with Gasteiger partial charge in [0.05, 0.1) is 25.2 Å². The number of halogens is 1. The minimum absolute atomic E-state index is 0.116. The van der Waals surface area contributed by atoms with Crippen LogP contribution in [0.15, 0.2) is 47.4 Å². The molecule has 1 heterocycles. The van der Waals surface area contributed by atoms with Crippen LogP contribution in [0.25, 0.3) is 6.08 Å². The predicted octanol–water partition coefficient (Wildman–Crippen LogP) is 4.78. The Morgan fingerprint density at radius 1 is 1.17 bits per heavy atom. The minimum atomic E-state index is -0.116. The standard InChI is InChI=1S/C21H20ClNO4S2/c1-25-10-9-23-20(24)19(29-21(23)28)12-14-7-8-17(18(11-14)26-2)27-13-15-5-3-4-6-16(15)22/h3-8,11-12H,9-10,13H2,1-2H3/b19-12-. The summed E-state index contributed by atoms with van der Waals surface area (Å²) in [4.78, 5) is 14.7. The fourth-order valence-corrected chi connectivity index (χ4v) is 4.19. The number of methoxy groups -OCH3 is 2. The van der Waals surface area contributed by atoms with Crippen LogP contribution in [-0.2, 0) is 16.1 Å². The molecule has 29 heavy (non-hydrogen) atoms. The van der Waals surface area contributed by atoms with Crippen LogP contribution in [0.2, 0.25) is 5.02 Å². The Labute approximate surface area is 184 Å². The van der Waals surface area contributed by atoms with Crippen LogP contribution in [0.5, 0.6) is 11.5 Å². The van der Waals surface area contributed by atoms with Gasteiger partial charge in [-0.2, -0.15) is 0 Å². The van der Waals surface area contributed by atoms with Gasteiger partial charge in [0.15, 0.2) is 11.5 Å². The summed E-state index contributed by atoms with van der Waals surface area (Å²) in [6.45, 7) is 1.20. The highest BCUT2D eigenvalue weighted by atomic mass is 35.5. The van der Waals surface area contributed by atoms with E-state index in [9.17, 15) is 4.79 Å². The Balaban J connectivity index is 1.75. The highest BCUT2D eigenvalue weighted by Crippen LogP contribution is 2.35. The summed E-state index contributed by atoms with van der Waals surface area (Å²) in [5.74, 6) is 1.05. The van der Waals surface area contributed by atoms with E-state index in [2.05, 4.69) is 0 Å². The average molecular weight is 450 g/mol. The quantitative estimate of drug-likeness (QED) is 0.427. The second-order valence-corrected chi connectivity index (χ2v) is 8.20. The van der Waals surface area contributed by atoms with Gasteiger partial charge in [-0.25, -0.2) is 0 Å². The molecule has 0 bridgehead atoms. The number of carbonyl (C=O) groups is 1. The van der Waals surface area contributed by atoms with Crippen molar-refractivity contribution in [3.63, 3.8) is 0 Å². The van der Waals surface area contributed by atoms with Crippen LogP contribution in [0.4, 0.5) is 0 Å². The molecule has 0 N–H and O–H groups in total. The van der Waals surface area contributed by atoms with Gasteiger partial charge < -0.3 is 14.2 Å². The number of ether oxygens (including phenoxy) is 3. The third-order valence-electron chi connectivity index (χ3n) is 4.22. The van der Waals surface area contributed by atoms with E-state index in [4.69, 9.17) is 38.0 Å². The molecule has 152 valence electrons. The predicted molar refractivity (Wildman–Crippen MR) is 121 cm³/mol. The lowest BCUT2D eigenvalue weighted by atomic mass is 10.1. The summed E-state index contributed by atoms with van der Waals surface area (Å²) in [5, 5.41) is 0.651. The lowest BCUT2D eigenvalue weighted by Crippen LogP contribution is -2.31. The Bertz CT molecular complexity index is 948. The third-order valence-corrected chi connectivity index (χ3v) is 5.97. The monoisotopic (exact) mass is 449 g/mol. The molecule has 2 aromatic rings. The fourth-order valence-electron chi connectivity index (χ4n) is 2.69. The number of amides is 1. The van der Waals surface area contributed by atoms with Crippen LogP contribution < -0.4 is 9.47 Å². The Morgan fingerprint density at radius 2 is 1.97 bits per heavy atom. The number of thiocarbonyl (C=S) groups is 1. The fraction of sp³-hybridized carbons (Fsp3) is 0.238. The van der Waals surface area contributed by atoms with Crippen LogP contribution >= 0.6 is 35.6 Å². The van der Waals surface area contributed by atoms with E-state index in [1.165, 1.54) is 11.8 Å².